The molecule has 0 saturated carbocycles. The lowest BCUT2D eigenvalue weighted by Crippen LogP contribution is -2.46. The molecule has 98 valence electrons. The molecule has 0 radical (unpaired) electrons. The molecule has 2 atom stereocenters. The summed E-state index contributed by atoms with van der Waals surface area (Å²) < 4.78 is 11.6. The number of hydrogen-bond donors (Lipinski definition) is 1. The van der Waals surface area contributed by atoms with Crippen molar-refractivity contribution in [1.29, 1.82) is 0 Å². The average Bonchev–Trinajstić information content (AvgIpc) is 2.48. The van der Waals surface area contributed by atoms with Crippen LogP contribution in [0.15, 0.2) is 48.8 Å². The lowest BCUT2D eigenvalue weighted by molar-refractivity contribution is 0.0722. The molecule has 4 heteroatoms. The van der Waals surface area contributed by atoms with Gasteiger partial charge < -0.3 is 15.2 Å². The van der Waals surface area contributed by atoms with Gasteiger partial charge in [-0.05, 0) is 30.2 Å². The number of benzene rings is 1. The Bertz CT molecular complexity index is 545. The Kier molecular flexibility index (Phi) is 3.33. The van der Waals surface area contributed by atoms with Crippen LogP contribution in [-0.2, 0) is 6.42 Å². The fourth-order valence-corrected chi connectivity index (χ4v) is 2.17. The summed E-state index contributed by atoms with van der Waals surface area (Å²) in [5, 5.41) is 0. The van der Waals surface area contributed by atoms with Gasteiger partial charge in [-0.2, -0.15) is 0 Å². The Morgan fingerprint density at radius 1 is 1.21 bits per heavy atom. The van der Waals surface area contributed by atoms with Gasteiger partial charge in [-0.15, -0.1) is 0 Å². The van der Waals surface area contributed by atoms with Crippen LogP contribution < -0.4 is 15.2 Å². The van der Waals surface area contributed by atoms with E-state index < -0.39 is 0 Å². The topological polar surface area (TPSA) is 57.4 Å². The number of para-hydroxylation sites is 2. The Hall–Kier alpha value is -2.07. The van der Waals surface area contributed by atoms with Gasteiger partial charge in [0.1, 0.15) is 12.7 Å². The van der Waals surface area contributed by atoms with Gasteiger partial charge in [0.2, 0.25) is 0 Å². The molecule has 0 aliphatic carbocycles. The molecule has 1 aliphatic rings. The number of aromatic nitrogens is 1. The standard InChI is InChI=1S/C15H16N2O2/c16-12(8-11-4-3-7-17-9-11)15-10-18-13-5-1-2-6-14(13)19-15/h1-7,9,12,15H,8,10,16H2. The number of nitrogens with two attached hydrogens (primary N) is 1. The van der Waals surface area contributed by atoms with Gasteiger partial charge in [0, 0.05) is 18.4 Å². The highest BCUT2D eigenvalue weighted by Crippen LogP contribution is 2.31. The smallest absolute Gasteiger partial charge is 0.161 e. The number of nitrogens with zero attached hydrogens (tertiary/aromatic N) is 1. The van der Waals surface area contributed by atoms with Gasteiger partial charge in [0.15, 0.2) is 11.5 Å². The zero-order chi connectivity index (χ0) is 13.1. The van der Waals surface area contributed by atoms with Crippen molar-refractivity contribution in [2.24, 2.45) is 5.73 Å². The Morgan fingerprint density at radius 3 is 2.84 bits per heavy atom. The number of hydrogen-bond acceptors (Lipinski definition) is 4. The van der Waals surface area contributed by atoms with Crippen LogP contribution >= 0.6 is 0 Å². The first kappa shape index (κ1) is 12.0. The molecule has 0 fully saturated rings. The van der Waals surface area contributed by atoms with E-state index in [1.54, 1.807) is 6.20 Å². The molecule has 19 heavy (non-hydrogen) atoms. The van der Waals surface area contributed by atoms with Crippen molar-refractivity contribution in [1.82, 2.24) is 4.98 Å². The first-order chi connectivity index (χ1) is 9.33. The summed E-state index contributed by atoms with van der Waals surface area (Å²) in [6.45, 7) is 0.485. The van der Waals surface area contributed by atoms with Gasteiger partial charge >= 0.3 is 0 Å². The highest BCUT2D eigenvalue weighted by atomic mass is 16.6. The number of ether oxygens (including phenoxy) is 2. The van der Waals surface area contributed by atoms with Gasteiger partial charge in [-0.3, -0.25) is 4.98 Å². The third kappa shape index (κ3) is 2.69. The summed E-state index contributed by atoms with van der Waals surface area (Å²) in [6, 6.07) is 11.5. The van der Waals surface area contributed by atoms with Crippen molar-refractivity contribution < 1.29 is 9.47 Å². The van der Waals surface area contributed by atoms with Crippen molar-refractivity contribution in [3.05, 3.63) is 54.4 Å². The molecule has 1 aromatic carbocycles. The van der Waals surface area contributed by atoms with E-state index in [0.717, 1.165) is 23.5 Å². The number of fused-ring (bicyclic) bond motifs is 1. The van der Waals surface area contributed by atoms with Crippen molar-refractivity contribution in [2.75, 3.05) is 6.61 Å². The zero-order valence-electron chi connectivity index (χ0n) is 10.5. The molecule has 2 N–H and O–H groups in total. The quantitative estimate of drug-likeness (QED) is 0.909. The van der Waals surface area contributed by atoms with Crippen molar-refractivity contribution in [2.45, 2.75) is 18.6 Å². The molecule has 0 bridgehead atoms. The van der Waals surface area contributed by atoms with E-state index in [9.17, 15) is 0 Å². The molecule has 4 nitrogen and oxygen atoms in total. The van der Waals surface area contributed by atoms with Gasteiger partial charge in [-0.1, -0.05) is 18.2 Å². The molecular formula is C15H16N2O2. The maximum absolute atomic E-state index is 6.20. The third-order valence-corrected chi connectivity index (χ3v) is 3.20. The molecule has 2 aromatic rings. The summed E-state index contributed by atoms with van der Waals surface area (Å²) in [4.78, 5) is 4.09. The second-order valence-electron chi connectivity index (χ2n) is 4.64. The van der Waals surface area contributed by atoms with E-state index in [4.69, 9.17) is 15.2 Å². The maximum atomic E-state index is 6.20. The van der Waals surface area contributed by atoms with Gasteiger partial charge in [0.05, 0.1) is 0 Å². The molecule has 1 aromatic heterocycles. The normalized spacial score (nSPS) is 18.9. The number of rotatable bonds is 3. The third-order valence-electron chi connectivity index (χ3n) is 3.20. The highest BCUT2D eigenvalue weighted by Gasteiger charge is 2.26. The summed E-state index contributed by atoms with van der Waals surface area (Å²) in [5.41, 5.74) is 7.31. The summed E-state index contributed by atoms with van der Waals surface area (Å²) in [6.07, 6.45) is 4.18. The van der Waals surface area contributed by atoms with Crippen LogP contribution in [0.2, 0.25) is 0 Å². The van der Waals surface area contributed by atoms with E-state index >= 15 is 0 Å². The summed E-state index contributed by atoms with van der Waals surface area (Å²) >= 11 is 0. The minimum atomic E-state index is -0.130. The first-order valence-electron chi connectivity index (χ1n) is 6.36. The molecule has 2 heterocycles. The van der Waals surface area contributed by atoms with Crippen LogP contribution in [-0.4, -0.2) is 23.7 Å². The average molecular weight is 256 g/mol. The van der Waals surface area contributed by atoms with Crippen molar-refractivity contribution in [3.8, 4) is 11.5 Å². The largest absolute Gasteiger partial charge is 0.486 e. The van der Waals surface area contributed by atoms with E-state index in [2.05, 4.69) is 4.98 Å². The van der Waals surface area contributed by atoms with Crippen molar-refractivity contribution in [3.63, 3.8) is 0 Å². The number of pyridine rings is 1. The first-order valence-corrected chi connectivity index (χ1v) is 6.36. The Balaban J connectivity index is 1.68. The fourth-order valence-electron chi connectivity index (χ4n) is 2.17. The molecule has 3 rings (SSSR count). The predicted molar refractivity (Wildman–Crippen MR) is 72.3 cm³/mol. The van der Waals surface area contributed by atoms with Crippen LogP contribution in [0.5, 0.6) is 11.5 Å². The SMILES string of the molecule is NC(Cc1cccnc1)C1COc2ccccc2O1. The van der Waals surface area contributed by atoms with Crippen LogP contribution in [0.4, 0.5) is 0 Å². The second-order valence-corrected chi connectivity index (χ2v) is 4.64. The van der Waals surface area contributed by atoms with Gasteiger partial charge in [0.25, 0.3) is 0 Å². The minimum Gasteiger partial charge on any atom is -0.486 e. The highest BCUT2D eigenvalue weighted by molar-refractivity contribution is 5.40. The summed E-state index contributed by atoms with van der Waals surface area (Å²) in [7, 11) is 0. The summed E-state index contributed by atoms with van der Waals surface area (Å²) in [5.74, 6) is 1.55. The molecule has 0 spiro atoms. The van der Waals surface area contributed by atoms with Crippen LogP contribution in [0, 0.1) is 0 Å². The van der Waals surface area contributed by atoms with Crippen molar-refractivity contribution >= 4 is 0 Å². The Morgan fingerprint density at radius 2 is 2.05 bits per heavy atom. The van der Waals surface area contributed by atoms with E-state index in [-0.39, 0.29) is 12.1 Å². The maximum Gasteiger partial charge on any atom is 0.161 e. The fraction of sp³-hybridized carbons (Fsp3) is 0.267. The van der Waals surface area contributed by atoms with E-state index in [0.29, 0.717) is 6.61 Å². The second kappa shape index (κ2) is 5.28. The molecule has 2 unspecified atom stereocenters. The van der Waals surface area contributed by atoms with Crippen LogP contribution in [0.1, 0.15) is 5.56 Å². The van der Waals surface area contributed by atoms with Crippen LogP contribution in [0.3, 0.4) is 0 Å². The molecule has 0 saturated heterocycles. The molecule has 0 amide bonds. The minimum absolute atomic E-state index is 0.113. The predicted octanol–water partition coefficient (Wildman–Crippen LogP) is 1.79. The van der Waals surface area contributed by atoms with Gasteiger partial charge in [-0.25, -0.2) is 0 Å². The Labute approximate surface area is 112 Å². The molecule has 1 aliphatic heterocycles. The zero-order valence-corrected chi connectivity index (χ0v) is 10.5. The lowest BCUT2D eigenvalue weighted by atomic mass is 10.0. The van der Waals surface area contributed by atoms with E-state index in [1.807, 2.05) is 42.6 Å². The molecular weight excluding hydrogens is 240 g/mol. The van der Waals surface area contributed by atoms with Crippen LogP contribution in [0.25, 0.3) is 0 Å². The monoisotopic (exact) mass is 256 g/mol. The van der Waals surface area contributed by atoms with E-state index in [1.165, 1.54) is 0 Å². The lowest BCUT2D eigenvalue weighted by Gasteiger charge is -2.30.